The first kappa shape index (κ1) is 11.2. The molecule has 0 radical (unpaired) electrons. The van der Waals surface area contributed by atoms with Crippen molar-refractivity contribution in [2.45, 2.75) is 35.8 Å². The Morgan fingerprint density at radius 1 is 1.33 bits per heavy atom. The van der Waals surface area contributed by atoms with Crippen LogP contribution in [0.1, 0.15) is 25.7 Å². The van der Waals surface area contributed by atoms with Crippen molar-refractivity contribution < 1.29 is 4.79 Å². The van der Waals surface area contributed by atoms with Gasteiger partial charge < -0.3 is 0 Å². The Bertz CT molecular complexity index is 364. The van der Waals surface area contributed by atoms with Gasteiger partial charge in [-0.1, -0.05) is 28.4 Å². The third kappa shape index (κ3) is 3.08. The molecule has 2 rings (SSSR count). The van der Waals surface area contributed by atoms with E-state index in [1.165, 1.54) is 11.3 Å². The monoisotopic (exact) mass is 284 g/mol. The maximum Gasteiger partial charge on any atom is 0.146 e. The molecule has 1 aromatic rings. The molecular weight excluding hydrogens is 272 g/mol. The Kier molecular flexibility index (Phi) is 3.87. The van der Waals surface area contributed by atoms with Crippen molar-refractivity contribution in [3.05, 3.63) is 28.7 Å². The molecule has 1 saturated carbocycles. The van der Waals surface area contributed by atoms with Gasteiger partial charge >= 0.3 is 0 Å². The van der Waals surface area contributed by atoms with E-state index < -0.39 is 0 Å². The van der Waals surface area contributed by atoms with Gasteiger partial charge in [0.05, 0.1) is 5.25 Å². The molecule has 1 fully saturated rings. The van der Waals surface area contributed by atoms with Gasteiger partial charge in [-0.25, -0.2) is 0 Å². The van der Waals surface area contributed by atoms with Gasteiger partial charge in [-0.3, -0.25) is 4.79 Å². The van der Waals surface area contributed by atoms with Crippen LogP contribution in [0.4, 0.5) is 0 Å². The lowest BCUT2D eigenvalue weighted by Crippen LogP contribution is -2.21. The lowest BCUT2D eigenvalue weighted by atomic mass is 9.99. The van der Waals surface area contributed by atoms with E-state index in [1.54, 1.807) is 11.8 Å². The Morgan fingerprint density at radius 3 is 2.93 bits per heavy atom. The number of benzene rings is 1. The van der Waals surface area contributed by atoms with Crippen molar-refractivity contribution >= 4 is 33.5 Å². The third-order valence-electron chi connectivity index (χ3n) is 2.57. The molecule has 1 unspecified atom stereocenters. The molecule has 1 aliphatic carbocycles. The van der Waals surface area contributed by atoms with Gasteiger partial charge in [0.2, 0.25) is 0 Å². The molecule has 3 heteroatoms. The maximum atomic E-state index is 11.7. The number of carbonyl (C=O) groups is 1. The molecule has 0 aromatic heterocycles. The van der Waals surface area contributed by atoms with Crippen LogP contribution in [-0.4, -0.2) is 11.0 Å². The number of hydrogen-bond donors (Lipinski definition) is 0. The summed E-state index contributed by atoms with van der Waals surface area (Å²) in [6.07, 6.45) is 4.08. The fraction of sp³-hybridized carbons (Fsp3) is 0.417. The highest BCUT2D eigenvalue weighted by Crippen LogP contribution is 2.32. The zero-order valence-corrected chi connectivity index (χ0v) is 10.8. The summed E-state index contributed by atoms with van der Waals surface area (Å²) in [5.41, 5.74) is 0. The van der Waals surface area contributed by atoms with Crippen LogP contribution in [-0.2, 0) is 4.79 Å². The molecule has 1 aliphatic rings. The van der Waals surface area contributed by atoms with Crippen molar-refractivity contribution in [3.8, 4) is 0 Å². The number of carbonyl (C=O) groups excluding carboxylic acids is 1. The minimum absolute atomic E-state index is 0.188. The summed E-state index contributed by atoms with van der Waals surface area (Å²) in [4.78, 5) is 12.8. The van der Waals surface area contributed by atoms with E-state index in [9.17, 15) is 4.79 Å². The molecule has 0 aliphatic heterocycles. The molecule has 1 aromatic carbocycles. The molecule has 1 nitrogen and oxygen atoms in total. The Hall–Kier alpha value is -0.280. The van der Waals surface area contributed by atoms with E-state index in [4.69, 9.17) is 0 Å². The van der Waals surface area contributed by atoms with E-state index in [1.807, 2.05) is 12.1 Å². The minimum Gasteiger partial charge on any atom is -0.298 e. The maximum absolute atomic E-state index is 11.7. The molecular formula is C12H13BrOS. The summed E-state index contributed by atoms with van der Waals surface area (Å²) in [6, 6.07) is 8.16. The summed E-state index contributed by atoms with van der Waals surface area (Å²) in [5.74, 6) is 0.422. The van der Waals surface area contributed by atoms with Crippen molar-refractivity contribution in [1.82, 2.24) is 0 Å². The van der Waals surface area contributed by atoms with Crippen molar-refractivity contribution in [3.63, 3.8) is 0 Å². The van der Waals surface area contributed by atoms with Gasteiger partial charge in [-0.2, -0.15) is 0 Å². The van der Waals surface area contributed by atoms with Crippen LogP contribution in [0.2, 0.25) is 0 Å². The zero-order valence-electron chi connectivity index (χ0n) is 8.41. The molecule has 1 atom stereocenters. The van der Waals surface area contributed by atoms with Crippen LogP contribution in [0.5, 0.6) is 0 Å². The number of Topliss-reactive ketones (excluding diaryl/α,β-unsaturated/α-hetero) is 1. The standard InChI is InChI=1S/C12H13BrOS/c13-9-4-3-5-10(8-9)15-12-7-2-1-6-11(12)14/h3-5,8,12H,1-2,6-7H2. The highest BCUT2D eigenvalue weighted by molar-refractivity contribution is 9.10. The molecule has 0 N–H and O–H groups in total. The lowest BCUT2D eigenvalue weighted by molar-refractivity contribution is -0.119. The second-order valence-electron chi connectivity index (χ2n) is 3.78. The van der Waals surface area contributed by atoms with Crippen LogP contribution < -0.4 is 0 Å². The van der Waals surface area contributed by atoms with Gasteiger partial charge in [-0.15, -0.1) is 11.8 Å². The first-order valence-corrected chi connectivity index (χ1v) is 6.88. The van der Waals surface area contributed by atoms with Crippen molar-refractivity contribution in [2.75, 3.05) is 0 Å². The fourth-order valence-electron chi connectivity index (χ4n) is 1.78. The van der Waals surface area contributed by atoms with E-state index in [-0.39, 0.29) is 5.25 Å². The first-order chi connectivity index (χ1) is 7.25. The predicted octanol–water partition coefficient (Wildman–Crippen LogP) is 4.05. The second kappa shape index (κ2) is 5.17. The van der Waals surface area contributed by atoms with E-state index in [2.05, 4.69) is 28.1 Å². The summed E-state index contributed by atoms with van der Waals surface area (Å²) in [5, 5.41) is 0.188. The molecule has 15 heavy (non-hydrogen) atoms. The highest BCUT2D eigenvalue weighted by atomic mass is 79.9. The second-order valence-corrected chi connectivity index (χ2v) is 5.97. The molecule has 80 valence electrons. The van der Waals surface area contributed by atoms with Gasteiger partial charge in [0.25, 0.3) is 0 Å². The number of rotatable bonds is 2. The SMILES string of the molecule is O=C1CCCCC1Sc1cccc(Br)c1. The van der Waals surface area contributed by atoms with Crippen LogP contribution in [0.15, 0.2) is 33.6 Å². The Balaban J connectivity index is 2.04. The molecule has 0 bridgehead atoms. The minimum atomic E-state index is 0.188. The van der Waals surface area contributed by atoms with Crippen molar-refractivity contribution in [2.24, 2.45) is 0 Å². The fourth-order valence-corrected chi connectivity index (χ4v) is 3.55. The molecule has 0 spiro atoms. The molecule has 0 saturated heterocycles. The van der Waals surface area contributed by atoms with Gasteiger partial charge in [0.15, 0.2) is 0 Å². The van der Waals surface area contributed by atoms with Gasteiger partial charge in [0, 0.05) is 15.8 Å². The number of halogens is 1. The smallest absolute Gasteiger partial charge is 0.146 e. The topological polar surface area (TPSA) is 17.1 Å². The third-order valence-corrected chi connectivity index (χ3v) is 4.38. The van der Waals surface area contributed by atoms with Crippen LogP contribution in [0, 0.1) is 0 Å². The molecule has 0 amide bonds. The van der Waals surface area contributed by atoms with E-state index >= 15 is 0 Å². The summed E-state index contributed by atoms with van der Waals surface area (Å²) < 4.78 is 1.08. The number of ketones is 1. The van der Waals surface area contributed by atoms with Gasteiger partial charge in [-0.05, 0) is 31.0 Å². The van der Waals surface area contributed by atoms with Crippen LogP contribution in [0.25, 0.3) is 0 Å². The summed E-state index contributed by atoms with van der Waals surface area (Å²) >= 11 is 5.15. The number of hydrogen-bond acceptors (Lipinski definition) is 2. The van der Waals surface area contributed by atoms with E-state index in [0.29, 0.717) is 5.78 Å². The normalized spacial score (nSPS) is 21.7. The van der Waals surface area contributed by atoms with Crippen LogP contribution in [0.3, 0.4) is 0 Å². The lowest BCUT2D eigenvalue weighted by Gasteiger charge is -2.19. The van der Waals surface area contributed by atoms with Crippen LogP contribution >= 0.6 is 27.7 Å². The quantitative estimate of drug-likeness (QED) is 0.815. The van der Waals surface area contributed by atoms with E-state index in [0.717, 1.165) is 23.7 Å². The summed E-state index contributed by atoms with van der Waals surface area (Å²) in [6.45, 7) is 0. The van der Waals surface area contributed by atoms with Crippen molar-refractivity contribution in [1.29, 1.82) is 0 Å². The Morgan fingerprint density at radius 2 is 2.20 bits per heavy atom. The number of thioether (sulfide) groups is 1. The molecule has 0 heterocycles. The average Bonchev–Trinajstić information content (AvgIpc) is 2.22. The average molecular weight is 285 g/mol. The van der Waals surface area contributed by atoms with Gasteiger partial charge in [0.1, 0.15) is 5.78 Å². The first-order valence-electron chi connectivity index (χ1n) is 5.20. The zero-order chi connectivity index (χ0) is 10.7. The largest absolute Gasteiger partial charge is 0.298 e. The Labute approximate surface area is 103 Å². The predicted molar refractivity (Wildman–Crippen MR) is 67.3 cm³/mol. The highest BCUT2D eigenvalue weighted by Gasteiger charge is 2.22. The summed E-state index contributed by atoms with van der Waals surface area (Å²) in [7, 11) is 0.